The van der Waals surface area contributed by atoms with Crippen molar-refractivity contribution in [1.29, 1.82) is 5.41 Å². The molecule has 4 aromatic rings. The van der Waals surface area contributed by atoms with E-state index in [1.54, 1.807) is 0 Å². The molecule has 0 spiro atoms. The third-order valence-electron chi connectivity index (χ3n) is 4.05. The molecule has 2 heterocycles. The summed E-state index contributed by atoms with van der Waals surface area (Å²) in [7, 11) is 0. The van der Waals surface area contributed by atoms with Gasteiger partial charge in [-0.15, -0.1) is 5.10 Å². The number of amidine groups is 1. The van der Waals surface area contributed by atoms with E-state index in [1.165, 1.54) is 0 Å². The number of hydrogen-bond acceptors (Lipinski definition) is 6. The number of aliphatic carboxylic acids is 1. The van der Waals surface area contributed by atoms with E-state index in [2.05, 4.69) is 14.9 Å². The van der Waals surface area contributed by atoms with Gasteiger partial charge in [-0.25, -0.2) is 9.67 Å². The topological polar surface area (TPSA) is 173 Å². The van der Waals surface area contributed by atoms with E-state index in [9.17, 15) is 0 Å². The van der Waals surface area contributed by atoms with Crippen molar-refractivity contribution in [1.82, 2.24) is 24.5 Å². The number of imidazole rings is 1. The zero-order valence-corrected chi connectivity index (χ0v) is 16.8. The van der Waals surface area contributed by atoms with Gasteiger partial charge in [0, 0.05) is 19.9 Å². The summed E-state index contributed by atoms with van der Waals surface area (Å²) < 4.78 is 3.95. The lowest BCUT2D eigenvalue weighted by atomic mass is 10.3. The minimum atomic E-state index is -0.833. The van der Waals surface area contributed by atoms with Crippen LogP contribution in [0.15, 0.2) is 48.5 Å². The van der Waals surface area contributed by atoms with Gasteiger partial charge in [-0.1, -0.05) is 36.9 Å². The van der Waals surface area contributed by atoms with Crippen LogP contribution in [0.1, 0.15) is 26.6 Å². The Balaban J connectivity index is 0.000000568. The Morgan fingerprint density at radius 1 is 1.12 bits per heavy atom. The molecule has 0 atom stereocenters. The molecule has 11 heteroatoms. The average Bonchev–Trinajstić information content (AvgIpc) is 3.28. The van der Waals surface area contributed by atoms with Crippen molar-refractivity contribution < 1.29 is 19.8 Å². The molecule has 4 rings (SSSR count). The highest BCUT2D eigenvalue weighted by Crippen LogP contribution is 2.19. The van der Waals surface area contributed by atoms with Gasteiger partial charge >= 0.3 is 0 Å². The number of carboxylic acids is 1. The molecule has 5 N–H and O–H groups in total. The van der Waals surface area contributed by atoms with Crippen molar-refractivity contribution in [2.75, 3.05) is 0 Å². The van der Waals surface area contributed by atoms with Gasteiger partial charge in [0.05, 0.1) is 22.4 Å². The molecule has 0 fully saturated rings. The maximum absolute atomic E-state index is 9.00. The van der Waals surface area contributed by atoms with Crippen LogP contribution in [-0.2, 0) is 22.7 Å². The summed E-state index contributed by atoms with van der Waals surface area (Å²) in [6.07, 6.45) is 0.492. The van der Waals surface area contributed by atoms with Gasteiger partial charge in [0.1, 0.15) is 17.9 Å². The Labute approximate surface area is 184 Å². The smallest absolute Gasteiger partial charge is 0.300 e. The Bertz CT molecular complexity index is 1180. The largest absolute Gasteiger partial charge is 0.483 e. The summed E-state index contributed by atoms with van der Waals surface area (Å²) in [6.45, 7) is 1.98. The normalized spacial score (nSPS) is 9.66. The van der Waals surface area contributed by atoms with Crippen LogP contribution in [0.3, 0.4) is 0 Å². The maximum atomic E-state index is 9.00. The Hall–Kier alpha value is -4.28. The number of nitrogens with zero attached hydrogens (tertiary/aromatic N) is 5. The number of carbonyl (C=O) groups is 2. The van der Waals surface area contributed by atoms with E-state index < -0.39 is 5.97 Å². The number of carboxylic acid groups (broad SMARTS) is 2. The number of nitrogens with two attached hydrogens (primary N) is 1. The summed E-state index contributed by atoms with van der Waals surface area (Å²) in [6, 6.07) is 15.8. The number of aromatic nitrogens is 5. The fourth-order valence-electron chi connectivity index (χ4n) is 2.90. The molecule has 0 bridgehead atoms. The zero-order valence-electron chi connectivity index (χ0n) is 16.8. The van der Waals surface area contributed by atoms with E-state index in [0.29, 0.717) is 19.5 Å². The van der Waals surface area contributed by atoms with Gasteiger partial charge < -0.3 is 20.5 Å². The average molecular weight is 441 g/mol. The summed E-state index contributed by atoms with van der Waals surface area (Å²) in [5, 5.41) is 30.2. The third kappa shape index (κ3) is 6.90. The van der Waals surface area contributed by atoms with Gasteiger partial charge in [0.15, 0.2) is 0 Å². The van der Waals surface area contributed by atoms with Crippen LogP contribution < -0.4 is 5.73 Å². The van der Waals surface area contributed by atoms with Gasteiger partial charge in [-0.05, 0) is 24.3 Å². The lowest BCUT2D eigenvalue weighted by Crippen LogP contribution is -2.16. The molecule has 170 valence electrons. The first-order chi connectivity index (χ1) is 14.9. The number of aryl methyl sites for hydroxylation is 1. The Morgan fingerprint density at radius 2 is 1.66 bits per heavy atom. The molecule has 2 aromatic carbocycles. The molecule has 0 aliphatic rings. The first-order valence-electron chi connectivity index (χ1n) is 9.20. The number of fused-ring (bicyclic) bond motifs is 2. The second-order valence-electron chi connectivity index (χ2n) is 6.30. The minimum Gasteiger partial charge on any atom is -0.483 e. The number of benzene rings is 2. The number of rotatable bonds is 5. The van der Waals surface area contributed by atoms with Crippen molar-refractivity contribution in [2.45, 2.75) is 33.9 Å². The van der Waals surface area contributed by atoms with Crippen LogP contribution in [0.4, 0.5) is 0 Å². The molecule has 0 unspecified atom stereocenters. The van der Waals surface area contributed by atoms with Crippen molar-refractivity contribution in [3.63, 3.8) is 0 Å². The summed E-state index contributed by atoms with van der Waals surface area (Å²) in [5.41, 5.74) is 9.35. The van der Waals surface area contributed by atoms with Gasteiger partial charge in [0.2, 0.25) is 0 Å². The van der Waals surface area contributed by atoms with Crippen LogP contribution in [0, 0.1) is 5.41 Å². The van der Waals surface area contributed by atoms with E-state index in [0.717, 1.165) is 34.8 Å². The molecule has 2 aromatic heterocycles. The van der Waals surface area contributed by atoms with Gasteiger partial charge in [0.25, 0.3) is 12.4 Å². The van der Waals surface area contributed by atoms with Crippen LogP contribution in [-0.4, -0.2) is 53.0 Å². The van der Waals surface area contributed by atoms with Crippen LogP contribution in [0.5, 0.6) is 0 Å². The number of nitrogens with one attached hydrogen (secondary N) is 1. The first-order valence-corrected chi connectivity index (χ1v) is 9.20. The molecule has 0 saturated heterocycles. The van der Waals surface area contributed by atoms with E-state index in [-0.39, 0.29) is 19.7 Å². The first kappa shape index (κ1) is 25.8. The molecule has 0 aliphatic carbocycles. The maximum Gasteiger partial charge on any atom is 0.300 e. The lowest BCUT2D eigenvalue weighted by Gasteiger charge is -2.09. The van der Waals surface area contributed by atoms with Crippen molar-refractivity contribution in [2.24, 2.45) is 5.73 Å². The second kappa shape index (κ2) is 12.4. The quantitative estimate of drug-likeness (QED) is 0.208. The van der Waals surface area contributed by atoms with Gasteiger partial charge in [-0.3, -0.25) is 15.0 Å². The monoisotopic (exact) mass is 441 g/mol. The summed E-state index contributed by atoms with van der Waals surface area (Å²) in [4.78, 5) is 22.1. The van der Waals surface area contributed by atoms with E-state index in [1.807, 2.05) is 53.2 Å². The van der Waals surface area contributed by atoms with Crippen molar-refractivity contribution >= 4 is 40.3 Å². The number of hydrogen-bond donors (Lipinski definition) is 4. The molecule has 32 heavy (non-hydrogen) atoms. The minimum absolute atomic E-state index is 0. The molecular weight excluding hydrogens is 414 g/mol. The van der Waals surface area contributed by atoms with Crippen molar-refractivity contribution in [3.8, 4) is 0 Å². The molecule has 0 radical (unpaired) electrons. The fraction of sp³-hybridized carbons (Fsp3) is 0.238. The molecule has 0 amide bonds. The van der Waals surface area contributed by atoms with Gasteiger partial charge in [-0.2, -0.15) is 0 Å². The predicted octanol–water partition coefficient (Wildman–Crippen LogP) is 2.58. The molecule has 0 aliphatic heterocycles. The standard InChI is InChI=1S/C17H17N7.C2H4O2.CH2O2.CH4/c18-16(19)9-10-23-14-7-3-1-5-12(14)20-17(23)11-24-15-8-4-2-6-13(15)21-22-24;1-2(3)4;2-1-3;/h1-8H,9-11H2,(H3,18,19);1H3,(H,3,4);1H,(H,2,3);1H4. The fourth-order valence-corrected chi connectivity index (χ4v) is 2.90. The highest BCUT2D eigenvalue weighted by Gasteiger charge is 2.13. The predicted molar refractivity (Wildman–Crippen MR) is 122 cm³/mol. The van der Waals surface area contributed by atoms with Crippen LogP contribution in [0.25, 0.3) is 22.1 Å². The van der Waals surface area contributed by atoms with Crippen LogP contribution in [0.2, 0.25) is 0 Å². The third-order valence-corrected chi connectivity index (χ3v) is 4.05. The highest BCUT2D eigenvalue weighted by molar-refractivity contribution is 5.78. The second-order valence-corrected chi connectivity index (χ2v) is 6.30. The Morgan fingerprint density at radius 3 is 2.25 bits per heavy atom. The number of para-hydroxylation sites is 3. The lowest BCUT2D eigenvalue weighted by molar-refractivity contribution is -0.134. The molecule has 11 nitrogen and oxygen atoms in total. The van der Waals surface area contributed by atoms with E-state index in [4.69, 9.17) is 35.9 Å². The molecular formula is C21H27N7O4. The Kier molecular flexibility index (Phi) is 10.00. The SMILES string of the molecule is C.CC(=O)O.N=C(N)CCn1c(Cn2nnc3ccccc32)nc2ccccc21.O=CO. The summed E-state index contributed by atoms with van der Waals surface area (Å²) in [5.74, 6) is 0.220. The summed E-state index contributed by atoms with van der Waals surface area (Å²) >= 11 is 0. The zero-order chi connectivity index (χ0) is 22.8. The highest BCUT2D eigenvalue weighted by atomic mass is 16.4. The molecule has 0 saturated carbocycles. The van der Waals surface area contributed by atoms with E-state index >= 15 is 0 Å². The van der Waals surface area contributed by atoms with Crippen molar-refractivity contribution in [3.05, 3.63) is 54.4 Å². The van der Waals surface area contributed by atoms with Crippen LogP contribution >= 0.6 is 0 Å².